The first-order chi connectivity index (χ1) is 11.0. The van der Waals surface area contributed by atoms with Gasteiger partial charge in [0, 0.05) is 33.7 Å². The third-order valence-electron chi connectivity index (χ3n) is 4.77. The van der Waals surface area contributed by atoms with Gasteiger partial charge in [-0.1, -0.05) is 35.4 Å². The Bertz CT molecular complexity index is 848. The largest absolute Gasteiger partial charge is 0.322 e. The molecule has 3 nitrogen and oxygen atoms in total. The van der Waals surface area contributed by atoms with Crippen LogP contribution in [0.15, 0.2) is 40.0 Å². The Morgan fingerprint density at radius 3 is 2.61 bits per heavy atom. The number of nitrogens with zero attached hydrogens (tertiary/aromatic N) is 1. The quantitative estimate of drug-likeness (QED) is 0.803. The summed E-state index contributed by atoms with van der Waals surface area (Å²) >= 11 is 14.8. The van der Waals surface area contributed by atoms with Gasteiger partial charge in [0.2, 0.25) is 5.56 Å². The minimum Gasteiger partial charge on any atom is -0.322 e. The summed E-state index contributed by atoms with van der Waals surface area (Å²) in [6.45, 7) is 0. The summed E-state index contributed by atoms with van der Waals surface area (Å²) in [6.07, 6.45) is 6.81. The zero-order valence-electron chi connectivity index (χ0n) is 12.6. The molecular weight excluding hydrogens is 351 g/mol. The maximum Gasteiger partial charge on any atom is 0.248 e. The second-order valence-electron chi connectivity index (χ2n) is 6.18. The monoisotopic (exact) mass is 366 g/mol. The number of halogens is 2. The molecule has 1 aromatic heterocycles. The Kier molecular flexibility index (Phi) is 3.96. The molecule has 2 aromatic rings. The first-order valence-electron chi connectivity index (χ1n) is 7.61. The highest BCUT2D eigenvalue weighted by Gasteiger charge is 2.35. The standard InChI is InChI=1S/C17H16Cl2N2OS/c1-21-9-2-3-10(21)7-11(6-9)23-17-13(18)8-14-12(16(17)19)4-5-15(22)20-14/h2-5,8-11H,6-7H2,1H3,(H,20,22). The van der Waals surface area contributed by atoms with E-state index in [0.29, 0.717) is 32.9 Å². The number of benzene rings is 1. The van der Waals surface area contributed by atoms with Crippen molar-refractivity contribution >= 4 is 45.9 Å². The van der Waals surface area contributed by atoms with Crippen molar-refractivity contribution in [3.8, 4) is 0 Å². The maximum atomic E-state index is 11.5. The summed E-state index contributed by atoms with van der Waals surface area (Å²) in [5.74, 6) is 0. The van der Waals surface area contributed by atoms with Gasteiger partial charge in [-0.2, -0.15) is 0 Å². The number of nitrogens with one attached hydrogen (secondary N) is 1. The smallest absolute Gasteiger partial charge is 0.248 e. The highest BCUT2D eigenvalue weighted by atomic mass is 35.5. The van der Waals surface area contributed by atoms with E-state index in [1.54, 1.807) is 23.9 Å². The molecule has 2 aliphatic rings. The van der Waals surface area contributed by atoms with E-state index in [4.69, 9.17) is 23.2 Å². The molecule has 0 spiro atoms. The molecule has 0 amide bonds. The topological polar surface area (TPSA) is 36.1 Å². The summed E-state index contributed by atoms with van der Waals surface area (Å²) < 4.78 is 0. The highest BCUT2D eigenvalue weighted by Crippen LogP contribution is 2.45. The van der Waals surface area contributed by atoms with Gasteiger partial charge >= 0.3 is 0 Å². The van der Waals surface area contributed by atoms with Crippen LogP contribution in [0, 0.1) is 0 Å². The van der Waals surface area contributed by atoms with Crippen molar-refractivity contribution in [3.05, 3.63) is 50.8 Å². The van der Waals surface area contributed by atoms with Gasteiger partial charge in [-0.05, 0) is 32.0 Å². The van der Waals surface area contributed by atoms with Crippen molar-refractivity contribution in [1.82, 2.24) is 9.88 Å². The Morgan fingerprint density at radius 2 is 1.91 bits per heavy atom. The van der Waals surface area contributed by atoms with Crippen molar-refractivity contribution in [3.63, 3.8) is 0 Å². The Hall–Kier alpha value is -0.940. The van der Waals surface area contributed by atoms with Crippen molar-refractivity contribution in [2.45, 2.75) is 35.1 Å². The fourth-order valence-corrected chi connectivity index (χ4v) is 5.58. The number of hydrogen-bond acceptors (Lipinski definition) is 3. The third-order valence-corrected chi connectivity index (χ3v) is 7.06. The molecule has 2 aliphatic heterocycles. The van der Waals surface area contributed by atoms with Gasteiger partial charge in [0.15, 0.2) is 0 Å². The molecular formula is C17H16Cl2N2OS. The molecule has 6 heteroatoms. The summed E-state index contributed by atoms with van der Waals surface area (Å²) in [7, 11) is 2.18. The van der Waals surface area contributed by atoms with Crippen molar-refractivity contribution < 1.29 is 0 Å². The maximum absolute atomic E-state index is 11.5. The highest BCUT2D eigenvalue weighted by molar-refractivity contribution is 8.00. The molecule has 2 bridgehead atoms. The van der Waals surface area contributed by atoms with E-state index in [1.807, 2.05) is 0 Å². The first-order valence-corrected chi connectivity index (χ1v) is 9.24. The minimum atomic E-state index is -0.150. The molecule has 0 saturated carbocycles. The molecule has 4 rings (SSSR count). The van der Waals surface area contributed by atoms with E-state index in [9.17, 15) is 4.79 Å². The van der Waals surface area contributed by atoms with Gasteiger partial charge in [-0.25, -0.2) is 0 Å². The third kappa shape index (κ3) is 2.72. The van der Waals surface area contributed by atoms with Gasteiger partial charge in [0.25, 0.3) is 0 Å². The van der Waals surface area contributed by atoms with E-state index in [0.717, 1.165) is 23.1 Å². The zero-order chi connectivity index (χ0) is 16.1. The molecule has 0 radical (unpaired) electrons. The van der Waals surface area contributed by atoms with E-state index in [2.05, 4.69) is 29.1 Å². The Labute approximate surface area is 148 Å². The van der Waals surface area contributed by atoms with Crippen LogP contribution in [0.4, 0.5) is 0 Å². The van der Waals surface area contributed by atoms with E-state index in [-0.39, 0.29) is 5.56 Å². The molecule has 1 fully saturated rings. The molecule has 2 atom stereocenters. The second kappa shape index (κ2) is 5.85. The predicted molar refractivity (Wildman–Crippen MR) is 97.9 cm³/mol. The lowest BCUT2D eigenvalue weighted by Crippen LogP contribution is -2.41. The molecule has 2 unspecified atom stereocenters. The molecule has 120 valence electrons. The average molecular weight is 367 g/mol. The molecule has 3 heterocycles. The number of aromatic amines is 1. The number of rotatable bonds is 2. The molecule has 23 heavy (non-hydrogen) atoms. The average Bonchev–Trinajstić information content (AvgIpc) is 2.73. The van der Waals surface area contributed by atoms with Gasteiger partial charge in [-0.3, -0.25) is 9.69 Å². The van der Waals surface area contributed by atoms with Crippen LogP contribution < -0.4 is 5.56 Å². The number of H-pyrrole nitrogens is 1. The van der Waals surface area contributed by atoms with Gasteiger partial charge < -0.3 is 4.98 Å². The number of thioether (sulfide) groups is 1. The number of fused-ring (bicyclic) bond motifs is 3. The Morgan fingerprint density at radius 1 is 1.22 bits per heavy atom. The normalized spacial score (nSPS) is 27.0. The lowest BCUT2D eigenvalue weighted by Gasteiger charge is -2.36. The van der Waals surface area contributed by atoms with Crippen molar-refractivity contribution in [2.75, 3.05) is 7.05 Å². The molecule has 0 aliphatic carbocycles. The van der Waals surface area contributed by atoms with Crippen LogP contribution in [-0.4, -0.2) is 34.3 Å². The lowest BCUT2D eigenvalue weighted by molar-refractivity contribution is 0.200. The second-order valence-corrected chi connectivity index (χ2v) is 8.28. The van der Waals surface area contributed by atoms with E-state index in [1.165, 1.54) is 6.07 Å². The van der Waals surface area contributed by atoms with Crippen LogP contribution in [-0.2, 0) is 0 Å². The van der Waals surface area contributed by atoms with Crippen molar-refractivity contribution in [1.29, 1.82) is 0 Å². The van der Waals surface area contributed by atoms with Crippen LogP contribution in [0.2, 0.25) is 10.0 Å². The van der Waals surface area contributed by atoms with Crippen molar-refractivity contribution in [2.24, 2.45) is 0 Å². The lowest BCUT2D eigenvalue weighted by atomic mass is 10.0. The number of piperidine rings is 1. The number of hydrogen-bond donors (Lipinski definition) is 1. The van der Waals surface area contributed by atoms with Gasteiger partial charge in [0.1, 0.15) is 0 Å². The summed E-state index contributed by atoms with van der Waals surface area (Å²) in [5, 5.41) is 2.57. The predicted octanol–water partition coefficient (Wildman–Crippen LogP) is 4.33. The fraction of sp³-hybridized carbons (Fsp3) is 0.353. The summed E-state index contributed by atoms with van der Waals surface area (Å²) in [6, 6.07) is 6.09. The van der Waals surface area contributed by atoms with Crippen LogP contribution in [0.3, 0.4) is 0 Å². The van der Waals surface area contributed by atoms with Crippen LogP contribution in [0.25, 0.3) is 10.9 Å². The number of likely N-dealkylation sites (N-methyl/N-ethyl adjacent to an activating group) is 1. The van der Waals surface area contributed by atoms with Gasteiger partial charge in [-0.15, -0.1) is 11.8 Å². The zero-order valence-corrected chi connectivity index (χ0v) is 14.9. The fourth-order valence-electron chi connectivity index (χ4n) is 3.48. The molecule has 1 aromatic carbocycles. The first kappa shape index (κ1) is 15.6. The summed E-state index contributed by atoms with van der Waals surface area (Å²) in [5.41, 5.74) is 0.532. The van der Waals surface area contributed by atoms with Crippen LogP contribution in [0.5, 0.6) is 0 Å². The SMILES string of the molecule is CN1C2C=CC1CC(Sc1c(Cl)cc3[nH]c(=O)ccc3c1Cl)C2. The minimum absolute atomic E-state index is 0.150. The number of pyridine rings is 1. The summed E-state index contributed by atoms with van der Waals surface area (Å²) in [4.78, 5) is 17.6. The van der Waals surface area contributed by atoms with E-state index >= 15 is 0 Å². The molecule has 1 N–H and O–H groups in total. The number of aromatic nitrogens is 1. The van der Waals surface area contributed by atoms with Crippen LogP contribution in [0.1, 0.15) is 12.8 Å². The van der Waals surface area contributed by atoms with Gasteiger partial charge in [0.05, 0.1) is 15.6 Å². The van der Waals surface area contributed by atoms with Crippen LogP contribution >= 0.6 is 35.0 Å². The Balaban J connectivity index is 1.67. The van der Waals surface area contributed by atoms with E-state index < -0.39 is 0 Å². The molecule has 1 saturated heterocycles.